The molecule has 0 aliphatic rings. The van der Waals surface area contributed by atoms with Crippen LogP contribution in [0.4, 0.5) is 0 Å². The summed E-state index contributed by atoms with van der Waals surface area (Å²) in [6.07, 6.45) is 3.19. The molecule has 1 aromatic heterocycles. The molecule has 1 aromatic rings. The fraction of sp³-hybridized carbons (Fsp3) is 0.400. The van der Waals surface area contributed by atoms with Gasteiger partial charge in [0.05, 0.1) is 5.56 Å². The quantitative estimate of drug-likeness (QED) is 0.863. The van der Waals surface area contributed by atoms with Crippen molar-refractivity contribution in [1.82, 2.24) is 10.3 Å². The Kier molecular flexibility index (Phi) is 4.28. The number of aromatic nitrogens is 1. The van der Waals surface area contributed by atoms with E-state index in [9.17, 15) is 4.79 Å². The summed E-state index contributed by atoms with van der Waals surface area (Å²) < 4.78 is 0.798. The van der Waals surface area contributed by atoms with Gasteiger partial charge in [-0.05, 0) is 35.8 Å². The van der Waals surface area contributed by atoms with Crippen molar-refractivity contribution in [3.8, 4) is 0 Å². The Bertz CT molecular complexity index is 366. The SMILES string of the molecule is CC(C)(CBr)NC(=O)c1cncc(Br)c1. The van der Waals surface area contributed by atoms with Gasteiger partial charge in [0.15, 0.2) is 0 Å². The molecule has 0 bridgehead atoms. The Morgan fingerprint density at radius 1 is 1.53 bits per heavy atom. The molecule has 0 aliphatic heterocycles. The van der Waals surface area contributed by atoms with Gasteiger partial charge in [-0.15, -0.1) is 0 Å². The van der Waals surface area contributed by atoms with Crippen LogP contribution in [0.3, 0.4) is 0 Å². The van der Waals surface area contributed by atoms with Gasteiger partial charge >= 0.3 is 0 Å². The Morgan fingerprint density at radius 2 is 2.20 bits per heavy atom. The molecule has 1 rings (SSSR count). The molecule has 0 radical (unpaired) electrons. The van der Waals surface area contributed by atoms with Gasteiger partial charge in [-0.1, -0.05) is 15.9 Å². The molecule has 0 fully saturated rings. The summed E-state index contributed by atoms with van der Waals surface area (Å²) in [6.45, 7) is 3.90. The third-order valence-electron chi connectivity index (χ3n) is 1.75. The molecule has 1 heterocycles. The van der Waals surface area contributed by atoms with Crippen molar-refractivity contribution in [2.75, 3.05) is 5.33 Å². The lowest BCUT2D eigenvalue weighted by Gasteiger charge is -2.23. The zero-order chi connectivity index (χ0) is 11.5. The first-order valence-electron chi connectivity index (χ1n) is 4.44. The second-order valence-electron chi connectivity index (χ2n) is 3.86. The van der Waals surface area contributed by atoms with Crippen LogP contribution in [0.15, 0.2) is 22.9 Å². The minimum atomic E-state index is -0.264. The number of nitrogens with one attached hydrogen (secondary N) is 1. The van der Waals surface area contributed by atoms with Gasteiger partial charge in [-0.25, -0.2) is 0 Å². The average Bonchev–Trinajstić information content (AvgIpc) is 2.17. The number of rotatable bonds is 3. The lowest BCUT2D eigenvalue weighted by Crippen LogP contribution is -2.44. The van der Waals surface area contributed by atoms with E-state index in [1.165, 1.54) is 0 Å². The molecule has 5 heteroatoms. The maximum atomic E-state index is 11.8. The van der Waals surface area contributed by atoms with E-state index in [0.29, 0.717) is 10.9 Å². The van der Waals surface area contributed by atoms with Crippen LogP contribution in [0.1, 0.15) is 24.2 Å². The molecule has 0 saturated heterocycles. The number of nitrogens with zero attached hydrogens (tertiary/aromatic N) is 1. The van der Waals surface area contributed by atoms with E-state index in [4.69, 9.17) is 0 Å². The van der Waals surface area contributed by atoms with Gasteiger partial charge in [-0.3, -0.25) is 9.78 Å². The Balaban J connectivity index is 2.78. The van der Waals surface area contributed by atoms with Gasteiger partial charge in [0, 0.05) is 27.7 Å². The zero-order valence-electron chi connectivity index (χ0n) is 8.55. The maximum Gasteiger partial charge on any atom is 0.253 e. The van der Waals surface area contributed by atoms with Crippen molar-refractivity contribution in [1.29, 1.82) is 0 Å². The molecule has 1 amide bonds. The van der Waals surface area contributed by atoms with Gasteiger partial charge < -0.3 is 5.32 Å². The summed E-state index contributed by atoms with van der Waals surface area (Å²) in [5.41, 5.74) is 0.290. The number of halogens is 2. The normalized spacial score (nSPS) is 11.2. The highest BCUT2D eigenvalue weighted by atomic mass is 79.9. The predicted octanol–water partition coefficient (Wildman–Crippen LogP) is 2.75. The fourth-order valence-electron chi connectivity index (χ4n) is 0.949. The van der Waals surface area contributed by atoms with E-state index in [0.717, 1.165) is 4.47 Å². The fourth-order valence-corrected chi connectivity index (χ4v) is 1.45. The molecule has 3 nitrogen and oxygen atoms in total. The first-order chi connectivity index (χ1) is 6.94. The topological polar surface area (TPSA) is 42.0 Å². The number of amides is 1. The maximum absolute atomic E-state index is 11.8. The summed E-state index contributed by atoms with van der Waals surface area (Å²) in [5.74, 6) is -0.117. The number of hydrogen-bond acceptors (Lipinski definition) is 2. The Labute approximate surface area is 106 Å². The average molecular weight is 336 g/mol. The van der Waals surface area contributed by atoms with Crippen molar-refractivity contribution >= 4 is 37.8 Å². The van der Waals surface area contributed by atoms with Gasteiger partial charge in [0.25, 0.3) is 5.91 Å². The molecule has 0 spiro atoms. The highest BCUT2D eigenvalue weighted by molar-refractivity contribution is 9.10. The zero-order valence-corrected chi connectivity index (χ0v) is 11.7. The minimum absolute atomic E-state index is 0.117. The van der Waals surface area contributed by atoms with Gasteiger partial charge in [0.2, 0.25) is 0 Å². The summed E-state index contributed by atoms with van der Waals surface area (Å²) in [4.78, 5) is 15.7. The van der Waals surface area contributed by atoms with E-state index >= 15 is 0 Å². The summed E-state index contributed by atoms with van der Waals surface area (Å²) in [7, 11) is 0. The van der Waals surface area contributed by atoms with Gasteiger partial charge in [0.1, 0.15) is 0 Å². The molecule has 0 aromatic carbocycles. The number of alkyl halides is 1. The standard InChI is InChI=1S/C10H12Br2N2O/c1-10(2,6-11)14-9(15)7-3-8(12)5-13-4-7/h3-5H,6H2,1-2H3,(H,14,15). The lowest BCUT2D eigenvalue weighted by molar-refractivity contribution is 0.0921. The first kappa shape index (κ1) is 12.6. The molecular formula is C10H12Br2N2O. The molecule has 15 heavy (non-hydrogen) atoms. The summed E-state index contributed by atoms with van der Waals surface area (Å²) in [6, 6.07) is 1.74. The smallest absolute Gasteiger partial charge is 0.253 e. The van der Waals surface area contributed by atoms with E-state index in [1.807, 2.05) is 13.8 Å². The van der Waals surface area contributed by atoms with Crippen LogP contribution in [-0.2, 0) is 0 Å². The van der Waals surface area contributed by atoms with Crippen molar-refractivity contribution in [2.24, 2.45) is 0 Å². The van der Waals surface area contributed by atoms with Crippen LogP contribution in [0, 0.1) is 0 Å². The number of pyridine rings is 1. The van der Waals surface area contributed by atoms with Crippen LogP contribution in [-0.4, -0.2) is 21.8 Å². The highest BCUT2D eigenvalue weighted by Gasteiger charge is 2.19. The van der Waals surface area contributed by atoms with Crippen molar-refractivity contribution in [2.45, 2.75) is 19.4 Å². The predicted molar refractivity (Wildman–Crippen MR) is 67.3 cm³/mol. The van der Waals surface area contributed by atoms with E-state index < -0.39 is 0 Å². The second-order valence-corrected chi connectivity index (χ2v) is 5.34. The molecule has 1 N–H and O–H groups in total. The summed E-state index contributed by atoms with van der Waals surface area (Å²) >= 11 is 6.62. The largest absolute Gasteiger partial charge is 0.346 e. The first-order valence-corrected chi connectivity index (χ1v) is 6.35. The molecule has 0 atom stereocenters. The minimum Gasteiger partial charge on any atom is -0.346 e. The highest BCUT2D eigenvalue weighted by Crippen LogP contribution is 2.12. The molecule has 0 aliphatic carbocycles. The number of hydrogen-bond donors (Lipinski definition) is 1. The van der Waals surface area contributed by atoms with Crippen LogP contribution >= 0.6 is 31.9 Å². The van der Waals surface area contributed by atoms with E-state index in [-0.39, 0.29) is 11.4 Å². The van der Waals surface area contributed by atoms with Crippen molar-refractivity contribution < 1.29 is 4.79 Å². The van der Waals surface area contributed by atoms with E-state index in [1.54, 1.807) is 18.5 Å². The second kappa shape index (κ2) is 5.07. The Morgan fingerprint density at radius 3 is 2.73 bits per heavy atom. The van der Waals surface area contributed by atoms with E-state index in [2.05, 4.69) is 42.2 Å². The summed E-state index contributed by atoms with van der Waals surface area (Å²) in [5, 5.41) is 3.60. The molecule has 0 unspecified atom stereocenters. The van der Waals surface area contributed by atoms with Crippen LogP contribution < -0.4 is 5.32 Å². The number of carbonyl (C=O) groups excluding carboxylic acids is 1. The Hall–Kier alpha value is -0.420. The van der Waals surface area contributed by atoms with Gasteiger partial charge in [-0.2, -0.15) is 0 Å². The van der Waals surface area contributed by atoms with Crippen LogP contribution in [0.2, 0.25) is 0 Å². The van der Waals surface area contributed by atoms with Crippen LogP contribution in [0.5, 0.6) is 0 Å². The molecular weight excluding hydrogens is 324 g/mol. The number of carbonyl (C=O) groups is 1. The monoisotopic (exact) mass is 334 g/mol. The van der Waals surface area contributed by atoms with Crippen molar-refractivity contribution in [3.05, 3.63) is 28.5 Å². The molecule has 82 valence electrons. The van der Waals surface area contributed by atoms with Crippen molar-refractivity contribution in [3.63, 3.8) is 0 Å². The third kappa shape index (κ3) is 3.91. The lowest BCUT2D eigenvalue weighted by atomic mass is 10.1. The van der Waals surface area contributed by atoms with Crippen LogP contribution in [0.25, 0.3) is 0 Å². The molecule has 0 saturated carbocycles. The third-order valence-corrected chi connectivity index (χ3v) is 3.59.